The van der Waals surface area contributed by atoms with Gasteiger partial charge in [-0.2, -0.15) is 0 Å². The summed E-state index contributed by atoms with van der Waals surface area (Å²) >= 11 is 0. The molecule has 0 bridgehead atoms. The topological polar surface area (TPSA) is 55.4 Å². The van der Waals surface area contributed by atoms with Crippen molar-refractivity contribution in [1.29, 1.82) is 0 Å². The Balaban J connectivity index is 2.07. The number of likely N-dealkylation sites (N-methyl/N-ethyl adjacent to an activating group) is 1. The van der Waals surface area contributed by atoms with Crippen molar-refractivity contribution in [2.24, 2.45) is 11.8 Å². The number of hydrogen-bond donors (Lipinski definition) is 1. The zero-order valence-electron chi connectivity index (χ0n) is 13.0. The lowest BCUT2D eigenvalue weighted by Gasteiger charge is -2.38. The van der Waals surface area contributed by atoms with Crippen LogP contribution < -0.4 is 5.32 Å². The normalized spacial score (nSPS) is 30.9. The molecule has 4 unspecified atom stereocenters. The third-order valence-electron chi connectivity index (χ3n) is 4.93. The molecule has 0 heterocycles. The number of nitrogens with one attached hydrogen (secondary N) is 1. The molecule has 0 saturated heterocycles. The van der Waals surface area contributed by atoms with Crippen molar-refractivity contribution in [2.75, 3.05) is 19.9 Å². The fourth-order valence-electron chi connectivity index (χ4n) is 3.74. The first-order valence-electron chi connectivity index (χ1n) is 7.92. The molecule has 2 fully saturated rings. The SMILES string of the molecule is CCNC(C1CCCC(S(C)(=O)=O)C1)C(OC)C1CC1. The van der Waals surface area contributed by atoms with E-state index in [-0.39, 0.29) is 11.4 Å². The minimum Gasteiger partial charge on any atom is -0.380 e. The Labute approximate surface area is 123 Å². The van der Waals surface area contributed by atoms with Crippen LogP contribution in [0.3, 0.4) is 0 Å². The Morgan fingerprint density at radius 2 is 1.90 bits per heavy atom. The molecule has 118 valence electrons. The van der Waals surface area contributed by atoms with Crippen LogP contribution in [0.15, 0.2) is 0 Å². The van der Waals surface area contributed by atoms with E-state index in [0.717, 1.165) is 32.2 Å². The van der Waals surface area contributed by atoms with E-state index >= 15 is 0 Å². The third-order valence-corrected chi connectivity index (χ3v) is 6.57. The predicted molar refractivity (Wildman–Crippen MR) is 81.6 cm³/mol. The molecule has 0 amide bonds. The number of methoxy groups -OCH3 is 1. The molecule has 2 saturated carbocycles. The molecule has 20 heavy (non-hydrogen) atoms. The van der Waals surface area contributed by atoms with E-state index in [2.05, 4.69) is 12.2 Å². The van der Waals surface area contributed by atoms with Crippen molar-refractivity contribution in [1.82, 2.24) is 5.32 Å². The summed E-state index contributed by atoms with van der Waals surface area (Å²) in [6.45, 7) is 3.03. The van der Waals surface area contributed by atoms with E-state index in [1.807, 2.05) is 0 Å². The maximum atomic E-state index is 11.8. The number of ether oxygens (including phenoxy) is 1. The molecule has 0 spiro atoms. The number of rotatable bonds is 7. The van der Waals surface area contributed by atoms with E-state index < -0.39 is 9.84 Å². The largest absolute Gasteiger partial charge is 0.380 e. The highest BCUT2D eigenvalue weighted by Gasteiger charge is 2.42. The fraction of sp³-hybridized carbons (Fsp3) is 1.00. The van der Waals surface area contributed by atoms with Gasteiger partial charge in [-0.3, -0.25) is 0 Å². The van der Waals surface area contributed by atoms with Crippen LogP contribution in [0, 0.1) is 11.8 Å². The fourth-order valence-corrected chi connectivity index (χ4v) is 4.93. The van der Waals surface area contributed by atoms with Crippen LogP contribution in [0.2, 0.25) is 0 Å². The average molecular weight is 303 g/mol. The second kappa shape index (κ2) is 6.75. The minimum absolute atomic E-state index is 0.154. The van der Waals surface area contributed by atoms with E-state index in [1.165, 1.54) is 19.1 Å². The minimum atomic E-state index is -2.91. The predicted octanol–water partition coefficient (Wildman–Crippen LogP) is 1.99. The van der Waals surface area contributed by atoms with Gasteiger partial charge in [0.15, 0.2) is 0 Å². The summed E-state index contributed by atoms with van der Waals surface area (Å²) in [5.41, 5.74) is 0. The molecule has 4 atom stereocenters. The number of hydrogen-bond acceptors (Lipinski definition) is 4. The zero-order valence-corrected chi connectivity index (χ0v) is 13.8. The molecule has 0 radical (unpaired) electrons. The first kappa shape index (κ1) is 16.2. The molecule has 1 N–H and O–H groups in total. The molecule has 0 aliphatic heterocycles. The van der Waals surface area contributed by atoms with E-state index in [0.29, 0.717) is 17.9 Å². The Morgan fingerprint density at radius 3 is 2.40 bits per heavy atom. The van der Waals surface area contributed by atoms with Crippen molar-refractivity contribution in [3.05, 3.63) is 0 Å². The summed E-state index contributed by atoms with van der Waals surface area (Å²) < 4.78 is 29.4. The van der Waals surface area contributed by atoms with Gasteiger partial charge in [0, 0.05) is 19.4 Å². The molecular weight excluding hydrogens is 274 g/mol. The lowest BCUT2D eigenvalue weighted by atomic mass is 9.80. The van der Waals surface area contributed by atoms with Crippen LogP contribution in [0.1, 0.15) is 45.4 Å². The molecule has 0 aromatic carbocycles. The van der Waals surface area contributed by atoms with Gasteiger partial charge in [-0.1, -0.05) is 13.3 Å². The lowest BCUT2D eigenvalue weighted by Crippen LogP contribution is -2.49. The smallest absolute Gasteiger partial charge is 0.150 e. The maximum absolute atomic E-state index is 11.8. The van der Waals surface area contributed by atoms with Crippen molar-refractivity contribution in [3.63, 3.8) is 0 Å². The van der Waals surface area contributed by atoms with E-state index in [1.54, 1.807) is 7.11 Å². The van der Waals surface area contributed by atoms with Gasteiger partial charge in [0.2, 0.25) is 0 Å². The highest BCUT2D eigenvalue weighted by molar-refractivity contribution is 7.91. The van der Waals surface area contributed by atoms with Gasteiger partial charge in [0.05, 0.1) is 11.4 Å². The molecule has 2 aliphatic carbocycles. The molecule has 0 aromatic rings. The van der Waals surface area contributed by atoms with Crippen LogP contribution >= 0.6 is 0 Å². The molecular formula is C15H29NO3S. The maximum Gasteiger partial charge on any atom is 0.150 e. The third kappa shape index (κ3) is 3.95. The van der Waals surface area contributed by atoms with Crippen LogP contribution in [-0.2, 0) is 14.6 Å². The molecule has 2 rings (SSSR count). The van der Waals surface area contributed by atoms with Crippen molar-refractivity contribution < 1.29 is 13.2 Å². The van der Waals surface area contributed by atoms with Crippen LogP contribution in [-0.4, -0.2) is 45.7 Å². The summed E-state index contributed by atoms with van der Waals surface area (Å²) in [4.78, 5) is 0. The van der Waals surface area contributed by atoms with Crippen LogP contribution in [0.25, 0.3) is 0 Å². The zero-order chi connectivity index (χ0) is 14.8. The second-order valence-electron chi connectivity index (χ2n) is 6.50. The first-order valence-corrected chi connectivity index (χ1v) is 9.87. The monoisotopic (exact) mass is 303 g/mol. The first-order chi connectivity index (χ1) is 9.47. The van der Waals surface area contributed by atoms with E-state index in [4.69, 9.17) is 4.74 Å². The van der Waals surface area contributed by atoms with Crippen molar-refractivity contribution in [2.45, 2.75) is 62.8 Å². The molecule has 2 aliphatic rings. The van der Waals surface area contributed by atoms with Crippen LogP contribution in [0.5, 0.6) is 0 Å². The average Bonchev–Trinajstić information content (AvgIpc) is 3.22. The van der Waals surface area contributed by atoms with Gasteiger partial charge in [-0.05, 0) is 50.5 Å². The summed E-state index contributed by atoms with van der Waals surface area (Å²) in [5.74, 6) is 1.09. The van der Waals surface area contributed by atoms with Gasteiger partial charge in [0.25, 0.3) is 0 Å². The number of sulfone groups is 1. The Morgan fingerprint density at radius 1 is 1.20 bits per heavy atom. The van der Waals surface area contributed by atoms with E-state index in [9.17, 15) is 8.42 Å². The highest BCUT2D eigenvalue weighted by atomic mass is 32.2. The Kier molecular flexibility index (Phi) is 5.49. The van der Waals surface area contributed by atoms with Crippen molar-refractivity contribution >= 4 is 9.84 Å². The Hall–Kier alpha value is -0.130. The molecule has 0 aromatic heterocycles. The summed E-state index contributed by atoms with van der Waals surface area (Å²) in [7, 11) is -1.12. The summed E-state index contributed by atoms with van der Waals surface area (Å²) in [6, 6.07) is 0.307. The lowest BCUT2D eigenvalue weighted by molar-refractivity contribution is 0.0250. The quantitative estimate of drug-likeness (QED) is 0.781. The molecule has 5 heteroatoms. The van der Waals surface area contributed by atoms with Gasteiger partial charge < -0.3 is 10.1 Å². The van der Waals surface area contributed by atoms with Gasteiger partial charge >= 0.3 is 0 Å². The standard InChI is InChI=1S/C15H29NO3S/c1-4-16-14(15(19-2)11-8-9-11)12-6-5-7-13(10-12)20(3,17)18/h11-16H,4-10H2,1-3H3. The highest BCUT2D eigenvalue weighted by Crippen LogP contribution is 2.40. The second-order valence-corrected chi connectivity index (χ2v) is 8.83. The Bertz CT molecular complexity index is 405. The van der Waals surface area contributed by atoms with Gasteiger partial charge in [0.1, 0.15) is 9.84 Å². The summed E-state index contributed by atoms with van der Waals surface area (Å²) in [6.07, 6.45) is 7.90. The van der Waals surface area contributed by atoms with Gasteiger partial charge in [-0.15, -0.1) is 0 Å². The van der Waals surface area contributed by atoms with Crippen molar-refractivity contribution in [3.8, 4) is 0 Å². The summed E-state index contributed by atoms with van der Waals surface area (Å²) in [5, 5.41) is 3.42. The van der Waals surface area contributed by atoms with Crippen LogP contribution in [0.4, 0.5) is 0 Å². The van der Waals surface area contributed by atoms with Gasteiger partial charge in [-0.25, -0.2) is 8.42 Å². The molecule has 4 nitrogen and oxygen atoms in total.